The normalized spacial score (nSPS) is 31.5. The lowest BCUT2D eigenvalue weighted by Crippen LogP contribution is -2.54. The summed E-state index contributed by atoms with van der Waals surface area (Å²) < 4.78 is 30.6. The first kappa shape index (κ1) is 21.5. The Morgan fingerprint density at radius 2 is 2.25 bits per heavy atom. The minimum Gasteiger partial charge on any atom is -0.444 e. The summed E-state index contributed by atoms with van der Waals surface area (Å²) in [5.74, 6) is -0.900. The van der Waals surface area contributed by atoms with Crippen LogP contribution in [0.15, 0.2) is 12.2 Å². The minimum atomic E-state index is -0.776. The van der Waals surface area contributed by atoms with E-state index in [4.69, 9.17) is 19.7 Å². The molecule has 0 bridgehead atoms. The van der Waals surface area contributed by atoms with Gasteiger partial charge in [0, 0.05) is 5.92 Å². The Balaban J connectivity index is 2.42. The lowest BCUT2D eigenvalue weighted by atomic mass is 9.92. The maximum Gasteiger partial charge on any atom is 0.411 e. The van der Waals surface area contributed by atoms with E-state index in [1.807, 2.05) is 32.9 Å². The van der Waals surface area contributed by atoms with Gasteiger partial charge in [-0.05, 0) is 49.3 Å². The molecule has 0 aromatic carbocycles. The maximum absolute atomic E-state index is 13.1. The molecule has 2 aliphatic heterocycles. The molecule has 2 aliphatic rings. The number of rotatable bonds is 6. The zero-order valence-electron chi connectivity index (χ0n) is 18.4. The van der Waals surface area contributed by atoms with Crippen LogP contribution < -0.4 is 0 Å². The van der Waals surface area contributed by atoms with Crippen LogP contribution in [-0.4, -0.2) is 61.7 Å². The summed E-state index contributed by atoms with van der Waals surface area (Å²) in [6, 6.07) is 1.08. The SMILES string of the molecule is [3H][B]SO[C@@H]([C@H]1[C@H](/C=C\C)CC(C#N)N1C(=O)OC(C)(C)C)[C@H]1COC(C)(C)O1. The van der Waals surface area contributed by atoms with Gasteiger partial charge in [-0.3, -0.25) is 4.90 Å². The van der Waals surface area contributed by atoms with Crippen LogP contribution in [0.3, 0.4) is 0 Å². The molecule has 0 aromatic rings. The van der Waals surface area contributed by atoms with Crippen molar-refractivity contribution in [1.29, 1.82) is 6.60 Å². The van der Waals surface area contributed by atoms with Crippen LogP contribution >= 0.6 is 11.9 Å². The fourth-order valence-electron chi connectivity index (χ4n) is 3.73. The van der Waals surface area contributed by atoms with Crippen molar-refractivity contribution in [3.63, 3.8) is 0 Å². The molecule has 1 amide bonds. The third-order valence-electron chi connectivity index (χ3n) is 4.68. The highest BCUT2D eigenvalue weighted by Crippen LogP contribution is 2.39. The number of hydrogen-bond donors (Lipinski definition) is 0. The van der Waals surface area contributed by atoms with E-state index >= 15 is 0 Å². The molecule has 5 atom stereocenters. The standard InChI is InChI=1S/C19H30BN2O5S/c1-7-8-12-9-13(10-21)22(17(23)26-18(2,3)4)15(12)16(27-28-20)14-11-24-19(5,6)25-14/h7-8,12-16,20H,9,11H2,1-6H3/b8-7-/t12-,13?,14-,15-,16-/m1/s1/i20T. The van der Waals surface area contributed by atoms with Crippen LogP contribution in [0.5, 0.6) is 0 Å². The van der Waals surface area contributed by atoms with Crippen molar-refractivity contribution in [2.45, 2.75) is 83.6 Å². The molecular formula is C19H30BN2O5S. The molecule has 0 N–H and O–H groups in total. The monoisotopic (exact) mass is 411 g/mol. The molecule has 2 heterocycles. The van der Waals surface area contributed by atoms with Crippen LogP contribution in [0, 0.1) is 17.2 Å². The van der Waals surface area contributed by atoms with E-state index in [1.165, 1.54) is 4.90 Å². The van der Waals surface area contributed by atoms with Gasteiger partial charge in [0.05, 0.1) is 18.7 Å². The van der Waals surface area contributed by atoms with Gasteiger partial charge >= 0.3 is 6.09 Å². The van der Waals surface area contributed by atoms with Crippen molar-refractivity contribution in [3.05, 3.63) is 12.2 Å². The fourth-order valence-corrected chi connectivity index (χ4v) is 4.09. The summed E-state index contributed by atoms with van der Waals surface area (Å²) in [7, 11) is 1.08. The van der Waals surface area contributed by atoms with E-state index in [1.54, 1.807) is 20.8 Å². The van der Waals surface area contributed by atoms with Crippen LogP contribution in [0.4, 0.5) is 4.79 Å². The number of carbonyl (C=O) groups is 1. The summed E-state index contributed by atoms with van der Waals surface area (Å²) in [5.41, 5.74) is -0.699. The van der Waals surface area contributed by atoms with E-state index < -0.39 is 41.8 Å². The predicted molar refractivity (Wildman–Crippen MR) is 109 cm³/mol. The summed E-state index contributed by atoms with van der Waals surface area (Å²) in [5, 5.41) is 9.73. The Morgan fingerprint density at radius 3 is 2.75 bits per heavy atom. The average molecular weight is 411 g/mol. The first-order valence-corrected chi connectivity index (χ1v) is 10.2. The number of nitriles is 1. The van der Waals surface area contributed by atoms with Gasteiger partial charge in [0.25, 0.3) is 0 Å². The largest absolute Gasteiger partial charge is 0.444 e. The van der Waals surface area contributed by atoms with Crippen molar-refractivity contribution in [1.82, 2.24) is 4.90 Å². The van der Waals surface area contributed by atoms with E-state index in [0.717, 1.165) is 19.0 Å². The Hall–Kier alpha value is -1.21. The summed E-state index contributed by atoms with van der Waals surface area (Å²) >= 11 is 0.866. The molecule has 0 spiro atoms. The highest BCUT2D eigenvalue weighted by molar-refractivity contribution is 8.15. The highest BCUT2D eigenvalue weighted by Gasteiger charge is 2.53. The van der Waals surface area contributed by atoms with Crippen molar-refractivity contribution in [2.24, 2.45) is 5.92 Å². The molecule has 1 unspecified atom stereocenters. The van der Waals surface area contributed by atoms with Gasteiger partial charge in [0.15, 0.2) is 5.79 Å². The smallest absolute Gasteiger partial charge is 0.411 e. The number of amides is 1. The topological polar surface area (TPSA) is 81.0 Å². The van der Waals surface area contributed by atoms with Crippen molar-refractivity contribution in [2.75, 3.05) is 6.61 Å². The maximum atomic E-state index is 13.1. The molecule has 2 rings (SSSR count). The second kappa shape index (κ2) is 9.08. The van der Waals surface area contributed by atoms with Gasteiger partial charge < -0.3 is 18.4 Å². The average Bonchev–Trinajstić information content (AvgIpc) is 3.15. The lowest BCUT2D eigenvalue weighted by molar-refractivity contribution is -0.152. The van der Waals surface area contributed by atoms with Gasteiger partial charge in [-0.15, -0.1) is 0 Å². The Kier molecular flexibility index (Phi) is 6.97. The molecule has 155 valence electrons. The van der Waals surface area contributed by atoms with Crippen molar-refractivity contribution >= 4 is 25.1 Å². The van der Waals surface area contributed by atoms with E-state index in [9.17, 15) is 10.1 Å². The van der Waals surface area contributed by atoms with Gasteiger partial charge in [-0.2, -0.15) is 5.26 Å². The number of carbonyl (C=O) groups excluding carboxylic acids is 1. The number of allylic oxidation sites excluding steroid dienone is 1. The molecule has 2 saturated heterocycles. The first-order chi connectivity index (χ1) is 13.5. The molecule has 28 heavy (non-hydrogen) atoms. The zero-order valence-corrected chi connectivity index (χ0v) is 18.2. The van der Waals surface area contributed by atoms with Gasteiger partial charge in [0.2, 0.25) is 7.09 Å². The quantitative estimate of drug-likeness (QED) is 0.377. The van der Waals surface area contributed by atoms with Gasteiger partial charge in [-0.1, -0.05) is 24.0 Å². The fraction of sp³-hybridized carbons (Fsp3) is 0.789. The number of nitrogens with zero attached hydrogens (tertiary/aromatic N) is 2. The molecule has 0 aliphatic carbocycles. The number of ether oxygens (including phenoxy) is 3. The third kappa shape index (κ3) is 5.44. The van der Waals surface area contributed by atoms with E-state index in [-0.39, 0.29) is 12.5 Å². The Morgan fingerprint density at radius 1 is 1.54 bits per heavy atom. The minimum absolute atomic E-state index is 0.124. The second-order valence-electron chi connectivity index (χ2n) is 8.47. The summed E-state index contributed by atoms with van der Waals surface area (Å²) in [4.78, 5) is 14.5. The van der Waals surface area contributed by atoms with Crippen molar-refractivity contribution in [3.8, 4) is 6.07 Å². The third-order valence-corrected chi connectivity index (χ3v) is 5.02. The van der Waals surface area contributed by atoms with Crippen LogP contribution in [0.25, 0.3) is 0 Å². The number of hydrogen-bond acceptors (Lipinski definition) is 7. The molecule has 1 radical (unpaired) electrons. The number of likely N-dealkylation sites (tertiary alicyclic amines) is 1. The van der Waals surface area contributed by atoms with Crippen LogP contribution in [0.1, 0.15) is 48.0 Å². The first-order valence-electron chi connectivity index (χ1n) is 9.98. The molecular weight excluding hydrogens is 379 g/mol. The summed E-state index contributed by atoms with van der Waals surface area (Å²) in [6.07, 6.45) is 2.71. The van der Waals surface area contributed by atoms with Crippen molar-refractivity contribution < 1.29 is 23.2 Å². The molecule has 0 saturated carbocycles. The Labute approximate surface area is 174 Å². The molecule has 9 heteroatoms. The van der Waals surface area contributed by atoms with Gasteiger partial charge in [-0.25, -0.2) is 4.79 Å². The molecule has 0 aromatic heterocycles. The van der Waals surface area contributed by atoms with E-state index in [2.05, 4.69) is 6.07 Å². The second-order valence-corrected chi connectivity index (χ2v) is 8.86. The molecule has 2 fully saturated rings. The van der Waals surface area contributed by atoms with Crippen LogP contribution in [0.2, 0.25) is 0 Å². The van der Waals surface area contributed by atoms with Gasteiger partial charge in [0.1, 0.15) is 23.9 Å². The highest BCUT2D eigenvalue weighted by atomic mass is 32.2. The predicted octanol–water partition coefficient (Wildman–Crippen LogP) is 3.08. The van der Waals surface area contributed by atoms with Crippen LogP contribution in [-0.2, 0) is 18.4 Å². The zero-order chi connectivity index (χ0) is 21.8. The Bertz CT molecular complexity index is 651. The lowest BCUT2D eigenvalue weighted by Gasteiger charge is -2.37. The summed E-state index contributed by atoms with van der Waals surface area (Å²) in [6.45, 7) is 11.2. The molecule has 7 nitrogen and oxygen atoms in total. The van der Waals surface area contributed by atoms with E-state index in [0.29, 0.717) is 6.42 Å².